The van der Waals surface area contributed by atoms with Crippen molar-refractivity contribution in [1.29, 1.82) is 0 Å². The normalized spacial score (nSPS) is 10.8. The van der Waals surface area contributed by atoms with Crippen LogP contribution in [0.15, 0.2) is 78.9 Å². The monoisotopic (exact) mass is 418 g/mol. The highest BCUT2D eigenvalue weighted by molar-refractivity contribution is 7.16. The molecule has 0 unspecified atom stereocenters. The van der Waals surface area contributed by atoms with E-state index in [2.05, 4.69) is 29.2 Å². The Morgan fingerprint density at radius 1 is 0.900 bits per heavy atom. The van der Waals surface area contributed by atoms with E-state index in [0.29, 0.717) is 6.54 Å². The summed E-state index contributed by atoms with van der Waals surface area (Å²) >= 11 is 1.70. The second-order valence-corrected chi connectivity index (χ2v) is 8.20. The number of nitrogens with zero attached hydrogens (tertiary/aromatic N) is 2. The van der Waals surface area contributed by atoms with Gasteiger partial charge in [0.2, 0.25) is 0 Å². The molecule has 0 fully saturated rings. The predicted molar refractivity (Wildman–Crippen MR) is 122 cm³/mol. The van der Waals surface area contributed by atoms with E-state index >= 15 is 0 Å². The van der Waals surface area contributed by atoms with E-state index in [-0.39, 0.29) is 5.82 Å². The van der Waals surface area contributed by atoms with E-state index in [0.717, 1.165) is 34.1 Å². The van der Waals surface area contributed by atoms with Gasteiger partial charge in [0.05, 0.1) is 12.8 Å². The van der Waals surface area contributed by atoms with Crippen molar-refractivity contribution >= 4 is 16.5 Å². The average Bonchev–Trinajstić information content (AvgIpc) is 3.20. The third-order valence-corrected chi connectivity index (χ3v) is 6.09. The fourth-order valence-corrected chi connectivity index (χ4v) is 4.39. The fraction of sp³-hybridized carbons (Fsp3) is 0.160. The van der Waals surface area contributed by atoms with Crippen molar-refractivity contribution in [1.82, 2.24) is 4.98 Å². The van der Waals surface area contributed by atoms with Crippen LogP contribution in [0.1, 0.15) is 16.0 Å². The Hall–Kier alpha value is -3.18. The highest BCUT2D eigenvalue weighted by atomic mass is 32.1. The molecule has 0 N–H and O–H groups in total. The number of benzene rings is 3. The van der Waals surface area contributed by atoms with Gasteiger partial charge in [0.25, 0.3) is 0 Å². The molecule has 1 aromatic heterocycles. The van der Waals surface area contributed by atoms with E-state index in [1.165, 1.54) is 22.6 Å². The van der Waals surface area contributed by atoms with Crippen molar-refractivity contribution in [3.8, 4) is 17.0 Å². The Morgan fingerprint density at radius 2 is 1.60 bits per heavy atom. The van der Waals surface area contributed by atoms with Gasteiger partial charge < -0.3 is 9.64 Å². The number of hydrogen-bond acceptors (Lipinski definition) is 4. The van der Waals surface area contributed by atoms with Crippen LogP contribution in [-0.4, -0.2) is 19.1 Å². The number of halogens is 1. The van der Waals surface area contributed by atoms with Crippen LogP contribution in [0.2, 0.25) is 0 Å². The Bertz CT molecular complexity index is 1090. The molecule has 0 bridgehead atoms. The SMILES string of the molecule is COc1ccc(-c2nc(N(C)Cc3ccc(F)cc3)sc2Cc2ccccc2)cc1. The van der Waals surface area contributed by atoms with Gasteiger partial charge in [-0.15, -0.1) is 11.3 Å². The van der Waals surface area contributed by atoms with Gasteiger partial charge in [0.15, 0.2) is 5.13 Å². The second-order valence-electron chi connectivity index (χ2n) is 7.14. The summed E-state index contributed by atoms with van der Waals surface area (Å²) in [4.78, 5) is 8.30. The lowest BCUT2D eigenvalue weighted by Crippen LogP contribution is -2.16. The number of ether oxygens (including phenoxy) is 1. The fourth-order valence-electron chi connectivity index (χ4n) is 3.31. The molecular formula is C25H23FN2OS. The summed E-state index contributed by atoms with van der Waals surface area (Å²) in [6.45, 7) is 0.667. The maximum Gasteiger partial charge on any atom is 0.186 e. The van der Waals surface area contributed by atoms with Crippen LogP contribution in [0.4, 0.5) is 9.52 Å². The maximum atomic E-state index is 13.2. The Kier molecular flexibility index (Phi) is 6.10. The summed E-state index contributed by atoms with van der Waals surface area (Å²) in [6.07, 6.45) is 0.824. The van der Waals surface area contributed by atoms with Crippen LogP contribution in [-0.2, 0) is 13.0 Å². The third kappa shape index (κ3) is 4.69. The van der Waals surface area contributed by atoms with Crippen molar-refractivity contribution in [3.05, 3.63) is 101 Å². The number of rotatable bonds is 7. The molecule has 4 aromatic rings. The predicted octanol–water partition coefficient (Wildman–Crippen LogP) is 6.19. The van der Waals surface area contributed by atoms with E-state index in [4.69, 9.17) is 9.72 Å². The Labute approximate surface area is 180 Å². The van der Waals surface area contributed by atoms with Crippen LogP contribution >= 0.6 is 11.3 Å². The summed E-state index contributed by atoms with van der Waals surface area (Å²) < 4.78 is 18.5. The number of aromatic nitrogens is 1. The van der Waals surface area contributed by atoms with E-state index < -0.39 is 0 Å². The van der Waals surface area contributed by atoms with E-state index in [1.54, 1.807) is 18.4 Å². The molecule has 0 spiro atoms. The quantitative estimate of drug-likeness (QED) is 0.358. The lowest BCUT2D eigenvalue weighted by molar-refractivity contribution is 0.415. The minimum Gasteiger partial charge on any atom is -0.497 e. The molecule has 0 saturated carbocycles. The van der Waals surface area contributed by atoms with Gasteiger partial charge in [-0.2, -0.15) is 0 Å². The molecule has 3 nitrogen and oxygen atoms in total. The van der Waals surface area contributed by atoms with Gasteiger partial charge in [0.1, 0.15) is 11.6 Å². The van der Waals surface area contributed by atoms with Crippen molar-refractivity contribution in [2.45, 2.75) is 13.0 Å². The molecule has 0 saturated heterocycles. The zero-order chi connectivity index (χ0) is 20.9. The molecule has 0 aliphatic rings. The van der Waals surface area contributed by atoms with Gasteiger partial charge in [-0.25, -0.2) is 9.37 Å². The molecule has 0 amide bonds. The molecule has 4 rings (SSSR count). The number of methoxy groups -OCH3 is 1. The van der Waals surface area contributed by atoms with E-state index in [9.17, 15) is 4.39 Å². The first-order valence-electron chi connectivity index (χ1n) is 9.76. The molecule has 152 valence electrons. The van der Waals surface area contributed by atoms with Gasteiger partial charge in [0, 0.05) is 30.5 Å². The standard InChI is InChI=1S/C25H23FN2OS/c1-28(17-19-8-12-21(26)13-9-19)25-27-24(20-10-14-22(29-2)15-11-20)23(30-25)16-18-6-4-3-5-7-18/h3-15H,16-17H2,1-2H3. The summed E-state index contributed by atoms with van der Waals surface area (Å²) in [7, 11) is 3.69. The Morgan fingerprint density at radius 3 is 2.27 bits per heavy atom. The first kappa shape index (κ1) is 20.1. The summed E-state index contributed by atoms with van der Waals surface area (Å²) in [5.74, 6) is 0.606. The smallest absolute Gasteiger partial charge is 0.186 e. The Balaban J connectivity index is 1.66. The first-order chi connectivity index (χ1) is 14.6. The highest BCUT2D eigenvalue weighted by Crippen LogP contribution is 2.35. The molecule has 3 aromatic carbocycles. The van der Waals surface area contributed by atoms with Crippen LogP contribution < -0.4 is 9.64 Å². The van der Waals surface area contributed by atoms with Crippen LogP contribution in [0, 0.1) is 5.82 Å². The topological polar surface area (TPSA) is 25.4 Å². The van der Waals surface area contributed by atoms with Crippen molar-refractivity contribution in [2.24, 2.45) is 0 Å². The zero-order valence-electron chi connectivity index (χ0n) is 17.0. The molecule has 5 heteroatoms. The zero-order valence-corrected chi connectivity index (χ0v) is 17.8. The van der Waals surface area contributed by atoms with Crippen molar-refractivity contribution in [3.63, 3.8) is 0 Å². The highest BCUT2D eigenvalue weighted by Gasteiger charge is 2.16. The molecule has 0 atom stereocenters. The van der Waals surface area contributed by atoms with E-state index in [1.807, 2.05) is 49.5 Å². The largest absolute Gasteiger partial charge is 0.497 e. The number of hydrogen-bond donors (Lipinski definition) is 0. The summed E-state index contributed by atoms with van der Waals surface area (Å²) in [5.41, 5.74) is 4.36. The first-order valence-corrected chi connectivity index (χ1v) is 10.6. The van der Waals surface area contributed by atoms with Crippen LogP contribution in [0.25, 0.3) is 11.3 Å². The van der Waals surface area contributed by atoms with Gasteiger partial charge in [-0.05, 0) is 47.5 Å². The molecule has 0 radical (unpaired) electrons. The maximum absolute atomic E-state index is 13.2. The lowest BCUT2D eigenvalue weighted by Gasteiger charge is -2.15. The molecule has 30 heavy (non-hydrogen) atoms. The van der Waals surface area contributed by atoms with Gasteiger partial charge in [-0.1, -0.05) is 42.5 Å². The summed E-state index contributed by atoms with van der Waals surface area (Å²) in [6, 6.07) is 25.1. The van der Waals surface area contributed by atoms with Gasteiger partial charge >= 0.3 is 0 Å². The van der Waals surface area contributed by atoms with Crippen LogP contribution in [0.3, 0.4) is 0 Å². The minimum atomic E-state index is -0.220. The van der Waals surface area contributed by atoms with Gasteiger partial charge in [-0.3, -0.25) is 0 Å². The number of thiazole rings is 1. The molecule has 0 aliphatic carbocycles. The summed E-state index contributed by atoms with van der Waals surface area (Å²) in [5, 5.41) is 0.941. The average molecular weight is 419 g/mol. The molecule has 0 aliphatic heterocycles. The molecular weight excluding hydrogens is 395 g/mol. The minimum absolute atomic E-state index is 0.220. The lowest BCUT2D eigenvalue weighted by atomic mass is 10.1. The number of anilines is 1. The second kappa shape index (κ2) is 9.09. The van der Waals surface area contributed by atoms with Crippen molar-refractivity contribution in [2.75, 3.05) is 19.1 Å². The van der Waals surface area contributed by atoms with Crippen molar-refractivity contribution < 1.29 is 9.13 Å². The molecule has 1 heterocycles. The van der Waals surface area contributed by atoms with Crippen LogP contribution in [0.5, 0.6) is 5.75 Å². The third-order valence-electron chi connectivity index (χ3n) is 4.92.